The first-order valence-corrected chi connectivity index (χ1v) is 6.86. The van der Waals surface area contributed by atoms with Crippen LogP contribution in [0.15, 0.2) is 60.7 Å². The van der Waals surface area contributed by atoms with Crippen LogP contribution in [0.4, 0.5) is 0 Å². The minimum Gasteiger partial charge on any atom is -0.276 e. The van der Waals surface area contributed by atoms with E-state index in [1.165, 1.54) is 0 Å². The first-order valence-electron chi connectivity index (χ1n) is 6.11. The SMILES string of the molecule is CC.O=C(Cl)c1ccccc1.O=C(Cl)c1ccccc1. The molecular weight excluding hydrogens is 295 g/mol. The summed E-state index contributed by atoms with van der Waals surface area (Å²) in [5.41, 5.74) is 1.08. The predicted octanol–water partition coefficient (Wildman–Crippen LogP) is 5.16. The molecule has 0 amide bonds. The van der Waals surface area contributed by atoms with Crippen LogP contribution in [-0.2, 0) is 0 Å². The summed E-state index contributed by atoms with van der Waals surface area (Å²) in [4.78, 5) is 20.8. The van der Waals surface area contributed by atoms with Crippen molar-refractivity contribution in [3.05, 3.63) is 71.8 Å². The largest absolute Gasteiger partial charge is 0.276 e. The van der Waals surface area contributed by atoms with E-state index in [9.17, 15) is 9.59 Å². The zero-order valence-electron chi connectivity index (χ0n) is 11.3. The molecule has 4 heteroatoms. The molecule has 0 unspecified atom stereocenters. The first-order chi connectivity index (χ1) is 9.61. The molecule has 0 atom stereocenters. The van der Waals surface area contributed by atoms with Gasteiger partial charge in [0.05, 0.1) is 0 Å². The van der Waals surface area contributed by atoms with Gasteiger partial charge in [-0.3, -0.25) is 9.59 Å². The van der Waals surface area contributed by atoms with E-state index in [0.717, 1.165) is 0 Å². The number of halogens is 2. The second kappa shape index (κ2) is 11.2. The highest BCUT2D eigenvalue weighted by Gasteiger charge is 1.96. The fourth-order valence-electron chi connectivity index (χ4n) is 1.14. The van der Waals surface area contributed by atoms with Crippen LogP contribution in [-0.4, -0.2) is 10.5 Å². The van der Waals surface area contributed by atoms with E-state index < -0.39 is 10.5 Å². The van der Waals surface area contributed by atoms with Gasteiger partial charge >= 0.3 is 0 Å². The van der Waals surface area contributed by atoms with Gasteiger partial charge in [-0.2, -0.15) is 0 Å². The smallest absolute Gasteiger partial charge is 0.252 e. The van der Waals surface area contributed by atoms with Gasteiger partial charge < -0.3 is 0 Å². The lowest BCUT2D eigenvalue weighted by Crippen LogP contribution is -1.84. The summed E-state index contributed by atoms with van der Waals surface area (Å²) in [5.74, 6) is 0. The summed E-state index contributed by atoms with van der Waals surface area (Å²) >= 11 is 10.3. The minimum absolute atomic E-state index is 0.407. The third-order valence-electron chi connectivity index (χ3n) is 2.00. The summed E-state index contributed by atoms with van der Waals surface area (Å²) in [5, 5.41) is -0.814. The number of benzene rings is 2. The van der Waals surface area contributed by atoms with Gasteiger partial charge in [0, 0.05) is 11.1 Å². The molecule has 0 saturated carbocycles. The maximum absolute atomic E-state index is 10.4. The summed E-state index contributed by atoms with van der Waals surface area (Å²) in [6, 6.07) is 17.5. The Bertz CT molecular complexity index is 461. The van der Waals surface area contributed by atoms with Gasteiger partial charge in [0.1, 0.15) is 0 Å². The van der Waals surface area contributed by atoms with E-state index >= 15 is 0 Å². The lowest BCUT2D eigenvalue weighted by Gasteiger charge is -1.87. The van der Waals surface area contributed by atoms with Crippen molar-refractivity contribution < 1.29 is 9.59 Å². The number of carbonyl (C=O) groups excluding carboxylic acids is 2. The molecule has 2 aromatic carbocycles. The van der Waals surface area contributed by atoms with Crippen molar-refractivity contribution in [1.29, 1.82) is 0 Å². The summed E-state index contributed by atoms with van der Waals surface area (Å²) in [6.45, 7) is 4.00. The highest BCUT2D eigenvalue weighted by atomic mass is 35.5. The van der Waals surface area contributed by atoms with Crippen molar-refractivity contribution in [3.8, 4) is 0 Å². The number of hydrogen-bond acceptors (Lipinski definition) is 2. The normalized spacial score (nSPS) is 8.40. The number of rotatable bonds is 2. The Kier molecular flexibility index (Phi) is 10.3. The van der Waals surface area contributed by atoms with Crippen LogP contribution in [0.2, 0.25) is 0 Å². The fourth-order valence-corrected chi connectivity index (χ4v) is 1.39. The molecule has 2 aromatic rings. The fraction of sp³-hybridized carbons (Fsp3) is 0.125. The Morgan fingerprint density at radius 3 is 1.05 bits per heavy atom. The lowest BCUT2D eigenvalue weighted by molar-refractivity contribution is 0.107. The molecule has 20 heavy (non-hydrogen) atoms. The minimum atomic E-state index is -0.407. The molecule has 0 fully saturated rings. The van der Waals surface area contributed by atoms with Crippen molar-refractivity contribution in [2.24, 2.45) is 0 Å². The molecule has 0 N–H and O–H groups in total. The van der Waals surface area contributed by atoms with Gasteiger partial charge in [0.25, 0.3) is 10.5 Å². The zero-order valence-corrected chi connectivity index (χ0v) is 12.9. The second-order valence-electron chi connectivity index (χ2n) is 3.28. The Labute approximate surface area is 129 Å². The lowest BCUT2D eigenvalue weighted by atomic mass is 10.2. The highest BCUT2D eigenvalue weighted by Crippen LogP contribution is 2.01. The third kappa shape index (κ3) is 7.72. The summed E-state index contributed by atoms with van der Waals surface area (Å²) in [7, 11) is 0. The van der Waals surface area contributed by atoms with Crippen molar-refractivity contribution in [2.45, 2.75) is 13.8 Å². The molecule has 0 aliphatic carbocycles. The van der Waals surface area contributed by atoms with Crippen LogP contribution in [0.1, 0.15) is 34.6 Å². The molecular formula is C16H16Cl2O2. The zero-order chi connectivity index (χ0) is 15.4. The van der Waals surface area contributed by atoms with E-state index in [4.69, 9.17) is 23.2 Å². The molecule has 0 aromatic heterocycles. The first kappa shape index (κ1) is 18.4. The van der Waals surface area contributed by atoms with Crippen molar-refractivity contribution in [1.82, 2.24) is 0 Å². The molecule has 2 rings (SSSR count). The van der Waals surface area contributed by atoms with Crippen LogP contribution < -0.4 is 0 Å². The van der Waals surface area contributed by atoms with Gasteiger partial charge in [-0.05, 0) is 23.2 Å². The van der Waals surface area contributed by atoms with Crippen molar-refractivity contribution in [3.63, 3.8) is 0 Å². The van der Waals surface area contributed by atoms with Crippen LogP contribution in [0.25, 0.3) is 0 Å². The second-order valence-corrected chi connectivity index (χ2v) is 3.97. The summed E-state index contributed by atoms with van der Waals surface area (Å²) < 4.78 is 0. The number of hydrogen-bond donors (Lipinski definition) is 0. The standard InChI is InChI=1S/2C7H5ClO.C2H6/c2*8-7(9)6-4-2-1-3-5-6;1-2/h2*1-5H;1-2H3. The van der Waals surface area contributed by atoms with Crippen LogP contribution in [0.5, 0.6) is 0 Å². The molecule has 0 bridgehead atoms. The molecule has 0 aliphatic rings. The van der Waals surface area contributed by atoms with Gasteiger partial charge in [0.15, 0.2) is 0 Å². The Balaban J connectivity index is 0.000000321. The molecule has 0 saturated heterocycles. The predicted molar refractivity (Wildman–Crippen MR) is 84.6 cm³/mol. The van der Waals surface area contributed by atoms with Gasteiger partial charge in [0.2, 0.25) is 0 Å². The molecule has 0 aliphatic heterocycles. The van der Waals surface area contributed by atoms with Gasteiger partial charge in [-0.25, -0.2) is 0 Å². The molecule has 0 spiro atoms. The van der Waals surface area contributed by atoms with E-state index in [2.05, 4.69) is 0 Å². The van der Waals surface area contributed by atoms with E-state index in [0.29, 0.717) is 11.1 Å². The van der Waals surface area contributed by atoms with E-state index in [1.54, 1.807) is 48.5 Å². The average Bonchev–Trinajstić information content (AvgIpc) is 2.51. The molecule has 0 heterocycles. The average molecular weight is 311 g/mol. The van der Waals surface area contributed by atoms with Gasteiger partial charge in [-0.1, -0.05) is 74.5 Å². The molecule has 106 valence electrons. The van der Waals surface area contributed by atoms with E-state index in [1.807, 2.05) is 26.0 Å². The molecule has 2 nitrogen and oxygen atoms in total. The van der Waals surface area contributed by atoms with Crippen molar-refractivity contribution in [2.75, 3.05) is 0 Å². The monoisotopic (exact) mass is 310 g/mol. The topological polar surface area (TPSA) is 34.1 Å². The van der Waals surface area contributed by atoms with Crippen molar-refractivity contribution >= 4 is 33.7 Å². The highest BCUT2D eigenvalue weighted by molar-refractivity contribution is 6.68. The maximum atomic E-state index is 10.4. The summed E-state index contributed by atoms with van der Waals surface area (Å²) in [6.07, 6.45) is 0. The third-order valence-corrected chi connectivity index (χ3v) is 2.44. The van der Waals surface area contributed by atoms with Gasteiger partial charge in [-0.15, -0.1) is 0 Å². The number of carbonyl (C=O) groups is 2. The Morgan fingerprint density at radius 2 is 0.900 bits per heavy atom. The van der Waals surface area contributed by atoms with Crippen LogP contribution >= 0.6 is 23.2 Å². The molecule has 0 radical (unpaired) electrons. The maximum Gasteiger partial charge on any atom is 0.252 e. The quantitative estimate of drug-likeness (QED) is 0.718. The van der Waals surface area contributed by atoms with Crippen LogP contribution in [0, 0.1) is 0 Å². The van der Waals surface area contributed by atoms with Crippen LogP contribution in [0.3, 0.4) is 0 Å². The Hall–Kier alpha value is -1.64. The Morgan fingerprint density at radius 1 is 0.650 bits per heavy atom. The van der Waals surface area contributed by atoms with E-state index in [-0.39, 0.29) is 0 Å².